The monoisotopic (exact) mass is 339 g/mol. The molecule has 0 aliphatic carbocycles. The average molecular weight is 339 g/mol. The fourth-order valence-electron chi connectivity index (χ4n) is 3.93. The maximum atomic E-state index is 12.9. The van der Waals surface area contributed by atoms with Gasteiger partial charge in [-0.15, -0.1) is 11.3 Å². The Hall–Kier alpha value is -2.25. The van der Waals surface area contributed by atoms with Crippen LogP contribution in [0.5, 0.6) is 0 Å². The largest absolute Gasteiger partial charge is 0.331 e. The lowest BCUT2D eigenvalue weighted by Crippen LogP contribution is -2.47. The van der Waals surface area contributed by atoms with Crippen LogP contribution < -0.4 is 0 Å². The zero-order valence-corrected chi connectivity index (χ0v) is 14.1. The first kappa shape index (κ1) is 14.1. The van der Waals surface area contributed by atoms with E-state index in [1.54, 1.807) is 17.5 Å². The maximum Gasteiger partial charge on any atom is 0.275 e. The molecule has 4 heterocycles. The van der Waals surface area contributed by atoms with Crippen LogP contribution in [0.1, 0.15) is 16.9 Å². The van der Waals surface area contributed by atoms with Gasteiger partial charge in [-0.05, 0) is 25.6 Å². The molecule has 1 amide bonds. The van der Waals surface area contributed by atoms with Gasteiger partial charge in [0.15, 0.2) is 5.69 Å². The molecule has 6 nitrogen and oxygen atoms in total. The number of nitrogens with one attached hydrogen (secondary N) is 1. The number of fused-ring (bicyclic) bond motifs is 3. The second kappa shape index (κ2) is 5.12. The van der Waals surface area contributed by atoms with Crippen LogP contribution in [-0.4, -0.2) is 63.1 Å². The molecule has 2 saturated heterocycles. The zero-order valence-electron chi connectivity index (χ0n) is 13.3. The number of amides is 1. The van der Waals surface area contributed by atoms with Gasteiger partial charge in [-0.25, -0.2) is 4.98 Å². The lowest BCUT2D eigenvalue weighted by atomic mass is 10.1. The van der Waals surface area contributed by atoms with Crippen LogP contribution >= 0.6 is 11.3 Å². The van der Waals surface area contributed by atoms with Crippen molar-refractivity contribution < 1.29 is 4.79 Å². The Kier molecular flexibility index (Phi) is 3.01. The molecule has 2 aliphatic heterocycles. The van der Waals surface area contributed by atoms with Crippen LogP contribution in [0.25, 0.3) is 21.5 Å². The van der Waals surface area contributed by atoms with Gasteiger partial charge in [-0.3, -0.25) is 14.8 Å². The number of aromatic nitrogens is 3. The zero-order chi connectivity index (χ0) is 16.3. The number of likely N-dealkylation sites (tertiary alicyclic amines) is 2. The number of aromatic amines is 1. The number of likely N-dealkylation sites (N-methyl/N-ethyl adjacent to an activating group) is 1. The fourth-order valence-corrected chi connectivity index (χ4v) is 4.57. The van der Waals surface area contributed by atoms with E-state index in [4.69, 9.17) is 0 Å². The van der Waals surface area contributed by atoms with E-state index in [0.29, 0.717) is 17.8 Å². The lowest BCUT2D eigenvalue weighted by molar-refractivity contribution is 0.0646. The number of hydrogen-bond acceptors (Lipinski definition) is 5. The molecule has 24 heavy (non-hydrogen) atoms. The Bertz CT molecular complexity index is 916. The molecule has 2 bridgehead atoms. The number of carbonyl (C=O) groups excluding carboxylic acids is 1. The number of thiazole rings is 1. The van der Waals surface area contributed by atoms with Gasteiger partial charge in [0.05, 0.1) is 5.52 Å². The highest BCUT2D eigenvalue weighted by Crippen LogP contribution is 2.32. The molecule has 7 heteroatoms. The predicted octanol–water partition coefficient (Wildman–Crippen LogP) is 2.21. The smallest absolute Gasteiger partial charge is 0.275 e. The van der Waals surface area contributed by atoms with E-state index in [1.807, 2.05) is 28.5 Å². The highest BCUT2D eigenvalue weighted by molar-refractivity contribution is 7.13. The molecule has 2 aliphatic rings. The Morgan fingerprint density at radius 3 is 2.96 bits per heavy atom. The Balaban J connectivity index is 1.48. The van der Waals surface area contributed by atoms with Crippen molar-refractivity contribution in [3.8, 4) is 10.6 Å². The van der Waals surface area contributed by atoms with Crippen molar-refractivity contribution in [2.75, 3.05) is 20.1 Å². The van der Waals surface area contributed by atoms with Crippen molar-refractivity contribution >= 4 is 28.1 Å². The highest BCUT2D eigenvalue weighted by Gasteiger charge is 2.44. The Morgan fingerprint density at radius 1 is 1.33 bits per heavy atom. The summed E-state index contributed by atoms with van der Waals surface area (Å²) in [6.45, 7) is 1.78. The van der Waals surface area contributed by atoms with Gasteiger partial charge >= 0.3 is 0 Å². The van der Waals surface area contributed by atoms with Crippen LogP contribution in [0.15, 0.2) is 29.8 Å². The van der Waals surface area contributed by atoms with E-state index in [1.165, 1.54) is 0 Å². The first-order chi connectivity index (χ1) is 11.7. The van der Waals surface area contributed by atoms with Crippen LogP contribution in [0.2, 0.25) is 0 Å². The van der Waals surface area contributed by atoms with E-state index in [0.717, 1.165) is 41.0 Å². The van der Waals surface area contributed by atoms with Gasteiger partial charge in [0, 0.05) is 47.7 Å². The number of benzene rings is 1. The van der Waals surface area contributed by atoms with Crippen LogP contribution in [-0.2, 0) is 0 Å². The second-order valence-corrected chi connectivity index (χ2v) is 7.50. The van der Waals surface area contributed by atoms with Gasteiger partial charge in [-0.2, -0.15) is 5.10 Å². The minimum Gasteiger partial charge on any atom is -0.331 e. The molecule has 2 fully saturated rings. The number of carbonyl (C=O) groups is 1. The van der Waals surface area contributed by atoms with Crippen molar-refractivity contribution in [1.29, 1.82) is 0 Å². The van der Waals surface area contributed by atoms with E-state index < -0.39 is 0 Å². The lowest BCUT2D eigenvalue weighted by Gasteiger charge is -2.31. The normalized spacial score (nSPS) is 23.5. The summed E-state index contributed by atoms with van der Waals surface area (Å²) < 4.78 is 0. The summed E-state index contributed by atoms with van der Waals surface area (Å²) in [5.41, 5.74) is 2.46. The van der Waals surface area contributed by atoms with E-state index in [9.17, 15) is 4.79 Å². The third kappa shape index (κ3) is 2.01. The molecule has 0 spiro atoms. The van der Waals surface area contributed by atoms with Crippen molar-refractivity contribution in [3.63, 3.8) is 0 Å². The van der Waals surface area contributed by atoms with E-state index in [2.05, 4.69) is 27.1 Å². The number of piperazine rings is 1. The quantitative estimate of drug-likeness (QED) is 0.777. The first-order valence-corrected chi connectivity index (χ1v) is 8.98. The van der Waals surface area contributed by atoms with E-state index in [-0.39, 0.29) is 5.91 Å². The molecule has 1 N–H and O–H groups in total. The molecule has 0 radical (unpaired) electrons. The molecule has 0 saturated carbocycles. The molecule has 2 aromatic heterocycles. The van der Waals surface area contributed by atoms with Crippen LogP contribution in [0.4, 0.5) is 0 Å². The summed E-state index contributed by atoms with van der Waals surface area (Å²) in [4.78, 5) is 21.6. The van der Waals surface area contributed by atoms with Crippen LogP contribution in [0, 0.1) is 0 Å². The standard InChI is InChI=1S/C17H17N5OS/c1-21-8-12-7-11(21)9-22(12)17(23)15-13-3-2-10(6-14(13)19-20-15)16-18-4-5-24-16/h2-6,11-12H,7-9H2,1H3,(H,19,20). The molecule has 1 aromatic carbocycles. The predicted molar refractivity (Wildman–Crippen MR) is 93.1 cm³/mol. The first-order valence-electron chi connectivity index (χ1n) is 8.10. The van der Waals surface area contributed by atoms with Gasteiger partial charge in [-0.1, -0.05) is 6.07 Å². The molecular weight excluding hydrogens is 322 g/mol. The molecule has 2 atom stereocenters. The van der Waals surface area contributed by atoms with Crippen molar-refractivity contribution in [2.24, 2.45) is 0 Å². The summed E-state index contributed by atoms with van der Waals surface area (Å²) in [6.07, 6.45) is 2.88. The summed E-state index contributed by atoms with van der Waals surface area (Å²) in [5, 5.41) is 11.2. The average Bonchev–Trinajstić information content (AvgIpc) is 3.35. The minimum atomic E-state index is 0.0452. The number of hydrogen-bond donors (Lipinski definition) is 1. The molecule has 3 aromatic rings. The minimum absolute atomic E-state index is 0.0452. The maximum absolute atomic E-state index is 12.9. The van der Waals surface area contributed by atoms with Gasteiger partial charge in [0.2, 0.25) is 0 Å². The van der Waals surface area contributed by atoms with Crippen LogP contribution in [0.3, 0.4) is 0 Å². The SMILES string of the molecule is CN1CC2CC1CN2C(=O)c1n[nH]c2cc(-c3nccs3)ccc12. The molecule has 5 rings (SSSR count). The van der Waals surface area contributed by atoms with Gasteiger partial charge in [0.1, 0.15) is 5.01 Å². The summed E-state index contributed by atoms with van der Waals surface area (Å²) >= 11 is 1.60. The van der Waals surface area contributed by atoms with Crippen molar-refractivity contribution in [2.45, 2.75) is 18.5 Å². The van der Waals surface area contributed by atoms with Gasteiger partial charge < -0.3 is 4.90 Å². The molecule has 2 unspecified atom stereocenters. The number of H-pyrrole nitrogens is 1. The van der Waals surface area contributed by atoms with Crippen molar-refractivity contribution in [3.05, 3.63) is 35.5 Å². The highest BCUT2D eigenvalue weighted by atomic mass is 32.1. The fraction of sp³-hybridized carbons (Fsp3) is 0.353. The number of nitrogens with zero attached hydrogens (tertiary/aromatic N) is 4. The van der Waals surface area contributed by atoms with E-state index >= 15 is 0 Å². The Morgan fingerprint density at radius 2 is 2.25 bits per heavy atom. The topological polar surface area (TPSA) is 65.1 Å². The third-order valence-electron chi connectivity index (χ3n) is 5.22. The Labute approximate surface area is 143 Å². The number of rotatable bonds is 2. The second-order valence-electron chi connectivity index (χ2n) is 6.61. The molecular formula is C17H17N5OS. The summed E-state index contributed by atoms with van der Waals surface area (Å²) in [6, 6.07) is 6.83. The van der Waals surface area contributed by atoms with Gasteiger partial charge in [0.25, 0.3) is 5.91 Å². The summed E-state index contributed by atoms with van der Waals surface area (Å²) in [5.74, 6) is 0.0452. The third-order valence-corrected chi connectivity index (χ3v) is 6.04. The van der Waals surface area contributed by atoms with Crippen molar-refractivity contribution in [1.82, 2.24) is 25.0 Å². The molecule has 122 valence electrons. The summed E-state index contributed by atoms with van der Waals surface area (Å²) in [7, 11) is 2.14.